The lowest BCUT2D eigenvalue weighted by atomic mass is 10.2. The van der Waals surface area contributed by atoms with Crippen LogP contribution in [-0.4, -0.2) is 18.4 Å². The molecular weight excluding hydrogens is 263 g/mol. The molecule has 0 aromatic heterocycles. The predicted molar refractivity (Wildman–Crippen MR) is 63.2 cm³/mol. The summed E-state index contributed by atoms with van der Waals surface area (Å²) in [7, 11) is 0. The first-order chi connectivity index (χ1) is 6.68. The Morgan fingerprint density at radius 2 is 2.36 bits per heavy atom. The summed E-state index contributed by atoms with van der Waals surface area (Å²) in [5.74, 6) is 0.923. The Morgan fingerprint density at radius 3 is 3.00 bits per heavy atom. The molecule has 0 aliphatic carbocycles. The molecule has 2 nitrogen and oxygen atoms in total. The first-order valence-corrected chi connectivity index (χ1v) is 5.61. The largest absolute Gasteiger partial charge is 0.366 e. The van der Waals surface area contributed by atoms with E-state index in [2.05, 4.69) is 33.2 Å². The van der Waals surface area contributed by atoms with Crippen LogP contribution in [0, 0.1) is 0 Å². The van der Waals surface area contributed by atoms with Crippen molar-refractivity contribution in [3.63, 3.8) is 0 Å². The summed E-state index contributed by atoms with van der Waals surface area (Å²) in [6.07, 6.45) is 0. The third-order valence-electron chi connectivity index (χ3n) is 2.11. The Hall–Kier alpha value is -0.540. The van der Waals surface area contributed by atoms with Crippen LogP contribution in [0.2, 0.25) is 5.02 Å². The predicted octanol–water partition coefficient (Wildman–Crippen LogP) is 2.84. The van der Waals surface area contributed by atoms with Crippen LogP contribution in [0.25, 0.3) is 0 Å². The van der Waals surface area contributed by atoms with Gasteiger partial charge in [-0.3, -0.25) is 4.99 Å². The van der Waals surface area contributed by atoms with E-state index < -0.39 is 0 Å². The van der Waals surface area contributed by atoms with E-state index in [0.717, 1.165) is 22.4 Å². The molecule has 1 heterocycles. The van der Waals surface area contributed by atoms with E-state index in [-0.39, 0.29) is 0 Å². The Balaban J connectivity index is 2.38. The zero-order valence-electron chi connectivity index (χ0n) is 7.72. The van der Waals surface area contributed by atoms with Crippen LogP contribution < -0.4 is 5.32 Å². The van der Waals surface area contributed by atoms with Crippen molar-refractivity contribution in [1.29, 1.82) is 0 Å². The van der Waals surface area contributed by atoms with Crippen LogP contribution in [0.4, 0.5) is 0 Å². The van der Waals surface area contributed by atoms with Crippen LogP contribution in [-0.2, 0) is 0 Å². The smallest absolute Gasteiger partial charge is 0.129 e. The van der Waals surface area contributed by atoms with Gasteiger partial charge >= 0.3 is 0 Å². The number of amidine groups is 1. The zero-order valence-corrected chi connectivity index (χ0v) is 10.1. The van der Waals surface area contributed by atoms with Gasteiger partial charge in [0, 0.05) is 16.1 Å². The van der Waals surface area contributed by atoms with E-state index in [1.807, 2.05) is 18.2 Å². The minimum absolute atomic E-state index is 0.413. The molecule has 1 aromatic carbocycles. The minimum atomic E-state index is 0.413. The van der Waals surface area contributed by atoms with E-state index in [0.29, 0.717) is 11.1 Å². The van der Waals surface area contributed by atoms with Crippen LogP contribution in [0.5, 0.6) is 0 Å². The van der Waals surface area contributed by atoms with Gasteiger partial charge in [0.15, 0.2) is 0 Å². The van der Waals surface area contributed by atoms with Crippen molar-refractivity contribution in [3.8, 4) is 0 Å². The van der Waals surface area contributed by atoms with Crippen LogP contribution in [0.3, 0.4) is 0 Å². The second kappa shape index (κ2) is 3.91. The molecule has 1 atom stereocenters. The first-order valence-electron chi connectivity index (χ1n) is 4.44. The highest BCUT2D eigenvalue weighted by Crippen LogP contribution is 2.26. The monoisotopic (exact) mass is 272 g/mol. The fourth-order valence-corrected chi connectivity index (χ4v) is 2.03. The van der Waals surface area contributed by atoms with Crippen molar-refractivity contribution >= 4 is 33.4 Å². The summed E-state index contributed by atoms with van der Waals surface area (Å²) in [5, 5.41) is 4.01. The van der Waals surface area contributed by atoms with Gasteiger partial charge in [-0.15, -0.1) is 0 Å². The molecule has 74 valence electrons. The number of benzene rings is 1. The molecule has 1 aliphatic rings. The third-order valence-corrected chi connectivity index (χ3v) is 3.51. The fourth-order valence-electron chi connectivity index (χ4n) is 1.40. The maximum atomic E-state index is 6.00. The van der Waals surface area contributed by atoms with Gasteiger partial charge < -0.3 is 5.32 Å². The van der Waals surface area contributed by atoms with Crippen molar-refractivity contribution in [1.82, 2.24) is 5.32 Å². The molecular formula is C10H10BrClN2. The number of nitrogens with zero attached hydrogens (tertiary/aromatic N) is 1. The Kier molecular flexibility index (Phi) is 2.79. The summed E-state index contributed by atoms with van der Waals surface area (Å²) in [4.78, 5) is 4.41. The van der Waals surface area contributed by atoms with E-state index in [1.54, 1.807) is 0 Å². The minimum Gasteiger partial charge on any atom is -0.366 e. The van der Waals surface area contributed by atoms with Gasteiger partial charge in [0.05, 0.1) is 11.6 Å². The van der Waals surface area contributed by atoms with Gasteiger partial charge in [-0.05, 0) is 28.9 Å². The van der Waals surface area contributed by atoms with Crippen molar-refractivity contribution in [2.45, 2.75) is 13.0 Å². The molecule has 0 saturated heterocycles. The first kappa shape index (κ1) is 9.99. The number of hydrogen-bond donors (Lipinski definition) is 1. The topological polar surface area (TPSA) is 24.4 Å². The standard InChI is InChI=1S/C10H10BrClN2/c1-6-5-13-10(14-6)7-3-2-4-8(12)9(7)11/h2-4,6H,5H2,1H3,(H,13,14). The van der Waals surface area contributed by atoms with Crippen molar-refractivity contribution in [2.24, 2.45) is 4.99 Å². The Morgan fingerprint density at radius 1 is 1.57 bits per heavy atom. The number of rotatable bonds is 1. The molecule has 0 spiro atoms. The highest BCUT2D eigenvalue weighted by molar-refractivity contribution is 9.10. The number of nitrogens with one attached hydrogen (secondary N) is 1. The summed E-state index contributed by atoms with van der Waals surface area (Å²) in [6.45, 7) is 2.93. The quantitative estimate of drug-likeness (QED) is 0.836. The SMILES string of the molecule is CC1CN=C(c2cccc(Cl)c2Br)N1. The summed E-state index contributed by atoms with van der Waals surface area (Å²) in [5.41, 5.74) is 1.03. The Labute approximate surface area is 96.5 Å². The maximum Gasteiger partial charge on any atom is 0.129 e. The molecule has 1 aliphatic heterocycles. The van der Waals surface area contributed by atoms with E-state index in [1.165, 1.54) is 0 Å². The van der Waals surface area contributed by atoms with Crippen molar-refractivity contribution in [2.75, 3.05) is 6.54 Å². The van der Waals surface area contributed by atoms with Crippen LogP contribution in [0.15, 0.2) is 27.7 Å². The van der Waals surface area contributed by atoms with Gasteiger partial charge in [0.25, 0.3) is 0 Å². The lowest BCUT2D eigenvalue weighted by Crippen LogP contribution is -2.27. The molecule has 14 heavy (non-hydrogen) atoms. The molecule has 1 unspecified atom stereocenters. The summed E-state index contributed by atoms with van der Waals surface area (Å²) in [6, 6.07) is 6.19. The van der Waals surface area contributed by atoms with E-state index >= 15 is 0 Å². The van der Waals surface area contributed by atoms with Crippen molar-refractivity contribution < 1.29 is 0 Å². The van der Waals surface area contributed by atoms with E-state index in [9.17, 15) is 0 Å². The second-order valence-electron chi connectivity index (χ2n) is 3.34. The highest BCUT2D eigenvalue weighted by Gasteiger charge is 2.17. The van der Waals surface area contributed by atoms with Crippen molar-refractivity contribution in [3.05, 3.63) is 33.3 Å². The van der Waals surface area contributed by atoms with E-state index in [4.69, 9.17) is 11.6 Å². The maximum absolute atomic E-state index is 6.00. The van der Waals surface area contributed by atoms with Gasteiger partial charge in [-0.25, -0.2) is 0 Å². The molecule has 0 radical (unpaired) electrons. The molecule has 0 amide bonds. The lowest BCUT2D eigenvalue weighted by Gasteiger charge is -2.08. The number of aliphatic imine (C=N–C) groups is 1. The number of hydrogen-bond acceptors (Lipinski definition) is 2. The van der Waals surface area contributed by atoms with Gasteiger partial charge in [-0.1, -0.05) is 23.7 Å². The molecule has 0 fully saturated rings. The van der Waals surface area contributed by atoms with Gasteiger partial charge in [0.1, 0.15) is 5.84 Å². The molecule has 0 bridgehead atoms. The summed E-state index contributed by atoms with van der Waals surface area (Å²) < 4.78 is 0.905. The summed E-state index contributed by atoms with van der Waals surface area (Å²) >= 11 is 9.46. The van der Waals surface area contributed by atoms with Gasteiger partial charge in [0.2, 0.25) is 0 Å². The molecule has 2 rings (SSSR count). The fraction of sp³-hybridized carbons (Fsp3) is 0.300. The third kappa shape index (κ3) is 1.79. The van der Waals surface area contributed by atoms with Gasteiger partial charge in [-0.2, -0.15) is 0 Å². The van der Waals surface area contributed by atoms with Crippen LogP contribution in [0.1, 0.15) is 12.5 Å². The normalized spacial score (nSPS) is 20.5. The molecule has 4 heteroatoms. The highest BCUT2D eigenvalue weighted by atomic mass is 79.9. The molecule has 0 saturated carbocycles. The van der Waals surface area contributed by atoms with Crippen LogP contribution >= 0.6 is 27.5 Å². The number of halogens is 2. The Bertz CT molecular complexity index is 390. The molecule has 1 aromatic rings. The lowest BCUT2D eigenvalue weighted by molar-refractivity contribution is 0.726. The molecule has 1 N–H and O–H groups in total. The average molecular weight is 274 g/mol. The second-order valence-corrected chi connectivity index (χ2v) is 4.54. The average Bonchev–Trinajstić information content (AvgIpc) is 2.57. The zero-order chi connectivity index (χ0) is 10.1.